The second-order valence-corrected chi connectivity index (χ2v) is 4.95. The summed E-state index contributed by atoms with van der Waals surface area (Å²) in [6, 6.07) is 16.2. The second kappa shape index (κ2) is 6.02. The van der Waals surface area contributed by atoms with Crippen LogP contribution >= 0.6 is 0 Å². The molecule has 1 aromatic heterocycles. The fourth-order valence-corrected chi connectivity index (χ4v) is 2.46. The van der Waals surface area contributed by atoms with E-state index < -0.39 is 0 Å². The zero-order valence-electron chi connectivity index (χ0n) is 12.3. The van der Waals surface area contributed by atoms with Gasteiger partial charge in [0.05, 0.1) is 7.11 Å². The Morgan fingerprint density at radius 2 is 1.95 bits per heavy atom. The van der Waals surface area contributed by atoms with Crippen LogP contribution in [0.5, 0.6) is 5.75 Å². The topological polar surface area (TPSA) is 34.4 Å². The van der Waals surface area contributed by atoms with Gasteiger partial charge in [-0.1, -0.05) is 25.1 Å². The molecule has 0 saturated carbocycles. The number of benzene rings is 2. The van der Waals surface area contributed by atoms with Crippen LogP contribution in [0.25, 0.3) is 22.3 Å². The van der Waals surface area contributed by atoms with E-state index in [1.807, 2.05) is 24.3 Å². The predicted molar refractivity (Wildman–Crippen MR) is 85.6 cm³/mol. The van der Waals surface area contributed by atoms with E-state index in [4.69, 9.17) is 9.15 Å². The lowest BCUT2D eigenvalue weighted by atomic mass is 10.0. The summed E-state index contributed by atoms with van der Waals surface area (Å²) in [4.78, 5) is 0. The van der Waals surface area contributed by atoms with Crippen molar-refractivity contribution in [1.82, 2.24) is 5.32 Å². The quantitative estimate of drug-likeness (QED) is 0.760. The van der Waals surface area contributed by atoms with Gasteiger partial charge in [-0.2, -0.15) is 0 Å². The predicted octanol–water partition coefficient (Wildman–Crippen LogP) is 4.22. The van der Waals surface area contributed by atoms with Crippen molar-refractivity contribution in [3.63, 3.8) is 0 Å². The number of methoxy groups -OCH3 is 1. The van der Waals surface area contributed by atoms with Crippen molar-refractivity contribution in [2.24, 2.45) is 0 Å². The molecule has 3 heteroatoms. The van der Waals surface area contributed by atoms with Crippen LogP contribution in [0.2, 0.25) is 0 Å². The first-order chi connectivity index (χ1) is 10.3. The van der Waals surface area contributed by atoms with Crippen molar-refractivity contribution in [2.45, 2.75) is 13.5 Å². The fraction of sp³-hybridized carbons (Fsp3) is 0.222. The molecule has 0 atom stereocenters. The third-order valence-electron chi connectivity index (χ3n) is 3.57. The summed E-state index contributed by atoms with van der Waals surface area (Å²) in [7, 11) is 1.69. The summed E-state index contributed by atoms with van der Waals surface area (Å²) in [6.45, 7) is 3.82. The van der Waals surface area contributed by atoms with Gasteiger partial charge in [0.1, 0.15) is 17.1 Å². The molecule has 0 bridgehead atoms. The summed E-state index contributed by atoms with van der Waals surface area (Å²) in [5.41, 5.74) is 3.20. The Bertz CT molecular complexity index is 713. The summed E-state index contributed by atoms with van der Waals surface area (Å²) in [5, 5.41) is 4.49. The average Bonchev–Trinajstić information content (AvgIpc) is 2.96. The number of ether oxygens (including phenoxy) is 1. The molecule has 0 saturated heterocycles. The zero-order valence-corrected chi connectivity index (χ0v) is 12.3. The molecule has 0 spiro atoms. The van der Waals surface area contributed by atoms with Gasteiger partial charge in [0.2, 0.25) is 0 Å². The van der Waals surface area contributed by atoms with Crippen LogP contribution in [0.4, 0.5) is 0 Å². The van der Waals surface area contributed by atoms with Crippen LogP contribution in [0.3, 0.4) is 0 Å². The first-order valence-electron chi connectivity index (χ1n) is 7.18. The Hall–Kier alpha value is -2.26. The van der Waals surface area contributed by atoms with Crippen molar-refractivity contribution < 1.29 is 9.15 Å². The van der Waals surface area contributed by atoms with Crippen molar-refractivity contribution in [3.05, 3.63) is 54.1 Å². The van der Waals surface area contributed by atoms with Gasteiger partial charge in [-0.3, -0.25) is 0 Å². The molecule has 0 aliphatic rings. The minimum atomic E-state index is 0.792. The molecule has 0 unspecified atom stereocenters. The first kappa shape index (κ1) is 13.7. The molecule has 0 radical (unpaired) electrons. The Morgan fingerprint density at radius 1 is 1.10 bits per heavy atom. The highest BCUT2D eigenvalue weighted by molar-refractivity contribution is 5.83. The Labute approximate surface area is 124 Å². The van der Waals surface area contributed by atoms with Crippen LogP contribution in [0, 0.1) is 0 Å². The van der Waals surface area contributed by atoms with Crippen LogP contribution in [-0.4, -0.2) is 13.7 Å². The molecule has 3 nitrogen and oxygen atoms in total. The molecule has 2 aromatic carbocycles. The minimum Gasteiger partial charge on any atom is -0.497 e. The van der Waals surface area contributed by atoms with Gasteiger partial charge in [0.15, 0.2) is 0 Å². The van der Waals surface area contributed by atoms with E-state index in [0.29, 0.717) is 0 Å². The van der Waals surface area contributed by atoms with Gasteiger partial charge in [0.25, 0.3) is 0 Å². The van der Waals surface area contributed by atoms with Crippen molar-refractivity contribution >= 4 is 11.0 Å². The van der Waals surface area contributed by atoms with Gasteiger partial charge in [-0.15, -0.1) is 0 Å². The fourth-order valence-electron chi connectivity index (χ4n) is 2.46. The maximum absolute atomic E-state index is 5.98. The number of hydrogen-bond donors (Lipinski definition) is 1. The molecule has 1 N–H and O–H groups in total. The maximum atomic E-state index is 5.98. The van der Waals surface area contributed by atoms with Crippen LogP contribution in [0.1, 0.15) is 12.5 Å². The molecule has 0 amide bonds. The molecule has 0 fully saturated rings. The lowest BCUT2D eigenvalue weighted by Crippen LogP contribution is -2.12. The number of fused-ring (bicyclic) bond motifs is 1. The number of nitrogens with one attached hydrogen (secondary N) is 1. The van der Waals surface area contributed by atoms with Gasteiger partial charge in [-0.05, 0) is 42.4 Å². The first-order valence-corrected chi connectivity index (χ1v) is 7.18. The highest BCUT2D eigenvalue weighted by Gasteiger charge is 2.11. The average molecular weight is 281 g/mol. The van der Waals surface area contributed by atoms with Gasteiger partial charge < -0.3 is 14.5 Å². The van der Waals surface area contributed by atoms with Crippen molar-refractivity contribution in [2.75, 3.05) is 13.7 Å². The number of para-hydroxylation sites is 1. The third-order valence-corrected chi connectivity index (χ3v) is 3.57. The normalized spacial score (nSPS) is 11.0. The number of hydrogen-bond acceptors (Lipinski definition) is 3. The molecular formula is C18H19NO2. The summed E-state index contributed by atoms with van der Waals surface area (Å²) in [6.07, 6.45) is 0. The third kappa shape index (κ3) is 2.78. The Balaban J connectivity index is 2.06. The minimum absolute atomic E-state index is 0.792. The van der Waals surface area contributed by atoms with E-state index in [1.165, 1.54) is 5.56 Å². The van der Waals surface area contributed by atoms with E-state index >= 15 is 0 Å². The monoisotopic (exact) mass is 281 g/mol. The standard InChI is InChI=1S/C18H19NO2/c1-3-19-12-14-10-15(20-2)8-9-16(14)18-11-13-6-4-5-7-17(13)21-18/h4-11,19H,3,12H2,1-2H3. The highest BCUT2D eigenvalue weighted by atomic mass is 16.5. The molecule has 21 heavy (non-hydrogen) atoms. The largest absolute Gasteiger partial charge is 0.497 e. The van der Waals surface area contributed by atoms with E-state index in [-0.39, 0.29) is 0 Å². The Morgan fingerprint density at radius 3 is 2.71 bits per heavy atom. The SMILES string of the molecule is CCNCc1cc(OC)ccc1-c1cc2ccccc2o1. The summed E-state index contributed by atoms with van der Waals surface area (Å²) < 4.78 is 11.3. The molecule has 3 rings (SSSR count). The zero-order chi connectivity index (χ0) is 14.7. The van der Waals surface area contributed by atoms with E-state index in [9.17, 15) is 0 Å². The van der Waals surface area contributed by atoms with Crippen LogP contribution in [-0.2, 0) is 6.54 Å². The summed E-state index contributed by atoms with van der Waals surface area (Å²) in [5.74, 6) is 1.76. The molecule has 108 valence electrons. The van der Waals surface area contributed by atoms with Crippen molar-refractivity contribution in [1.29, 1.82) is 0 Å². The van der Waals surface area contributed by atoms with E-state index in [0.717, 1.165) is 41.1 Å². The lowest BCUT2D eigenvalue weighted by molar-refractivity contribution is 0.414. The van der Waals surface area contributed by atoms with Crippen LogP contribution < -0.4 is 10.1 Å². The van der Waals surface area contributed by atoms with E-state index in [1.54, 1.807) is 7.11 Å². The smallest absolute Gasteiger partial charge is 0.135 e. The highest BCUT2D eigenvalue weighted by Crippen LogP contribution is 2.32. The van der Waals surface area contributed by atoms with Crippen LogP contribution in [0.15, 0.2) is 52.9 Å². The van der Waals surface area contributed by atoms with Crippen molar-refractivity contribution in [3.8, 4) is 17.1 Å². The second-order valence-electron chi connectivity index (χ2n) is 4.95. The lowest BCUT2D eigenvalue weighted by Gasteiger charge is -2.10. The maximum Gasteiger partial charge on any atom is 0.135 e. The van der Waals surface area contributed by atoms with Gasteiger partial charge in [-0.25, -0.2) is 0 Å². The van der Waals surface area contributed by atoms with Gasteiger partial charge in [0, 0.05) is 17.5 Å². The summed E-state index contributed by atoms with van der Waals surface area (Å²) >= 11 is 0. The molecule has 0 aliphatic carbocycles. The van der Waals surface area contributed by atoms with E-state index in [2.05, 4.69) is 36.5 Å². The molecule has 3 aromatic rings. The molecule has 1 heterocycles. The van der Waals surface area contributed by atoms with Gasteiger partial charge >= 0.3 is 0 Å². The molecular weight excluding hydrogens is 262 g/mol. The number of furan rings is 1. The number of rotatable bonds is 5. The molecule has 0 aliphatic heterocycles. The Kier molecular flexibility index (Phi) is 3.93.